The van der Waals surface area contributed by atoms with Crippen LogP contribution in [0.2, 0.25) is 0 Å². The molecule has 1 aromatic heterocycles. The van der Waals surface area contributed by atoms with Gasteiger partial charge in [0, 0.05) is 5.56 Å². The maximum Gasteiger partial charge on any atom is 0.187 e. The average Bonchev–Trinajstić information content (AvgIpc) is 2.49. The Morgan fingerprint density at radius 2 is 1.85 bits per heavy atom. The Balaban J connectivity index is 2.54. The van der Waals surface area contributed by atoms with Gasteiger partial charge in [0.25, 0.3) is 0 Å². The minimum atomic E-state index is -0.572. The van der Waals surface area contributed by atoms with E-state index >= 15 is 0 Å². The van der Waals surface area contributed by atoms with Gasteiger partial charge in [-0.05, 0) is 25.1 Å². The number of aryl methyl sites for hydroxylation is 1. The van der Waals surface area contributed by atoms with Crippen LogP contribution < -0.4 is 20.7 Å². The zero-order chi connectivity index (χ0) is 14.7. The molecule has 20 heavy (non-hydrogen) atoms. The van der Waals surface area contributed by atoms with Crippen molar-refractivity contribution in [3.05, 3.63) is 29.7 Å². The number of halogens is 1. The number of methoxy groups -OCH3 is 2. The van der Waals surface area contributed by atoms with Crippen molar-refractivity contribution in [2.24, 2.45) is 5.84 Å². The van der Waals surface area contributed by atoms with E-state index in [1.54, 1.807) is 32.2 Å². The van der Waals surface area contributed by atoms with Crippen LogP contribution in [0.25, 0.3) is 11.4 Å². The van der Waals surface area contributed by atoms with Crippen molar-refractivity contribution in [3.8, 4) is 22.9 Å². The molecule has 1 heterocycles. The van der Waals surface area contributed by atoms with Gasteiger partial charge in [-0.3, -0.25) is 0 Å². The van der Waals surface area contributed by atoms with Gasteiger partial charge in [0.1, 0.15) is 0 Å². The molecule has 7 heteroatoms. The quantitative estimate of drug-likeness (QED) is 0.656. The monoisotopic (exact) mass is 278 g/mol. The lowest BCUT2D eigenvalue weighted by Crippen LogP contribution is -2.13. The van der Waals surface area contributed by atoms with Gasteiger partial charge in [0.2, 0.25) is 0 Å². The van der Waals surface area contributed by atoms with Crippen molar-refractivity contribution in [1.29, 1.82) is 0 Å². The molecule has 0 radical (unpaired) electrons. The van der Waals surface area contributed by atoms with Gasteiger partial charge in [-0.1, -0.05) is 0 Å². The lowest BCUT2D eigenvalue weighted by atomic mass is 10.2. The molecular formula is C13H15FN4O2. The largest absolute Gasteiger partial charge is 0.493 e. The highest BCUT2D eigenvalue weighted by atomic mass is 19.1. The first-order valence-electron chi connectivity index (χ1n) is 5.83. The van der Waals surface area contributed by atoms with Crippen molar-refractivity contribution in [2.45, 2.75) is 6.92 Å². The van der Waals surface area contributed by atoms with Gasteiger partial charge in [0.15, 0.2) is 29.0 Å². The SMILES string of the molecule is COc1ccc(-c2nc(C)c(F)c(NN)n2)cc1OC. The minimum Gasteiger partial charge on any atom is -0.493 e. The molecule has 0 atom stereocenters. The molecule has 6 nitrogen and oxygen atoms in total. The van der Waals surface area contributed by atoms with E-state index in [-0.39, 0.29) is 11.5 Å². The number of nitrogens with zero attached hydrogens (tertiary/aromatic N) is 2. The van der Waals surface area contributed by atoms with Crippen LogP contribution in [0.15, 0.2) is 18.2 Å². The highest BCUT2D eigenvalue weighted by Gasteiger charge is 2.13. The molecule has 0 bridgehead atoms. The third-order valence-corrected chi connectivity index (χ3v) is 2.80. The van der Waals surface area contributed by atoms with Crippen LogP contribution in [-0.4, -0.2) is 24.2 Å². The first-order chi connectivity index (χ1) is 9.60. The van der Waals surface area contributed by atoms with Crippen molar-refractivity contribution < 1.29 is 13.9 Å². The highest BCUT2D eigenvalue weighted by molar-refractivity contribution is 5.62. The smallest absolute Gasteiger partial charge is 0.187 e. The summed E-state index contributed by atoms with van der Waals surface area (Å²) in [6.07, 6.45) is 0. The lowest BCUT2D eigenvalue weighted by Gasteiger charge is -2.10. The zero-order valence-electron chi connectivity index (χ0n) is 11.4. The number of nitrogens with one attached hydrogen (secondary N) is 1. The molecule has 2 rings (SSSR count). The Bertz CT molecular complexity index is 634. The summed E-state index contributed by atoms with van der Waals surface area (Å²) in [6.45, 7) is 1.54. The van der Waals surface area contributed by atoms with Crippen LogP contribution >= 0.6 is 0 Å². The standard InChI is InChI=1S/C13H15FN4O2/c1-7-11(14)13(18-15)17-12(16-7)8-4-5-9(19-2)10(6-8)20-3/h4-6H,15H2,1-3H3,(H,16,17,18). The molecule has 106 valence electrons. The average molecular weight is 278 g/mol. The number of aromatic nitrogens is 2. The summed E-state index contributed by atoms with van der Waals surface area (Å²) in [5.74, 6) is 6.09. The van der Waals surface area contributed by atoms with Gasteiger partial charge in [-0.2, -0.15) is 0 Å². The van der Waals surface area contributed by atoms with Crippen LogP contribution in [-0.2, 0) is 0 Å². The van der Waals surface area contributed by atoms with Crippen molar-refractivity contribution in [1.82, 2.24) is 9.97 Å². The van der Waals surface area contributed by atoms with E-state index in [2.05, 4.69) is 15.4 Å². The van der Waals surface area contributed by atoms with Crippen molar-refractivity contribution in [3.63, 3.8) is 0 Å². The number of anilines is 1. The molecule has 0 unspecified atom stereocenters. The Morgan fingerprint density at radius 3 is 2.45 bits per heavy atom. The summed E-state index contributed by atoms with van der Waals surface area (Å²) in [6, 6.07) is 5.20. The summed E-state index contributed by atoms with van der Waals surface area (Å²) in [7, 11) is 3.08. The second-order valence-electron chi connectivity index (χ2n) is 4.01. The molecule has 0 amide bonds. The van der Waals surface area contributed by atoms with Gasteiger partial charge >= 0.3 is 0 Å². The molecule has 0 saturated heterocycles. The molecule has 0 spiro atoms. The maximum absolute atomic E-state index is 13.6. The zero-order valence-corrected chi connectivity index (χ0v) is 11.4. The topological polar surface area (TPSA) is 82.3 Å². The predicted octanol–water partition coefficient (Wildman–Crippen LogP) is 1.89. The first kappa shape index (κ1) is 14.0. The van der Waals surface area contributed by atoms with Gasteiger partial charge in [0.05, 0.1) is 19.9 Å². The number of nitrogens with two attached hydrogens (primary N) is 1. The number of hydrazine groups is 1. The molecule has 2 aromatic rings. The second-order valence-corrected chi connectivity index (χ2v) is 4.01. The Hall–Kier alpha value is -2.41. The molecule has 0 fully saturated rings. The first-order valence-corrected chi connectivity index (χ1v) is 5.83. The molecule has 3 N–H and O–H groups in total. The van der Waals surface area contributed by atoms with Crippen LogP contribution in [0.4, 0.5) is 10.2 Å². The van der Waals surface area contributed by atoms with Crippen LogP contribution in [0, 0.1) is 12.7 Å². The molecule has 0 aliphatic rings. The molecule has 0 aliphatic heterocycles. The normalized spacial score (nSPS) is 10.2. The van der Waals surface area contributed by atoms with E-state index in [0.29, 0.717) is 22.9 Å². The van der Waals surface area contributed by atoms with E-state index < -0.39 is 5.82 Å². The number of rotatable bonds is 4. The van der Waals surface area contributed by atoms with Crippen molar-refractivity contribution >= 4 is 5.82 Å². The van der Waals surface area contributed by atoms with Crippen LogP contribution in [0.1, 0.15) is 5.69 Å². The van der Waals surface area contributed by atoms with Crippen LogP contribution in [0.3, 0.4) is 0 Å². The van der Waals surface area contributed by atoms with Gasteiger partial charge in [-0.15, -0.1) is 0 Å². The van der Waals surface area contributed by atoms with E-state index in [0.717, 1.165) is 0 Å². The summed E-state index contributed by atoms with van der Waals surface area (Å²) >= 11 is 0. The Labute approximate surface area is 115 Å². The fourth-order valence-electron chi connectivity index (χ4n) is 1.76. The number of ether oxygens (including phenoxy) is 2. The highest BCUT2D eigenvalue weighted by Crippen LogP contribution is 2.31. The van der Waals surface area contributed by atoms with E-state index in [1.165, 1.54) is 7.11 Å². The lowest BCUT2D eigenvalue weighted by molar-refractivity contribution is 0.355. The van der Waals surface area contributed by atoms with E-state index in [4.69, 9.17) is 15.3 Å². The summed E-state index contributed by atoms with van der Waals surface area (Å²) < 4.78 is 24.0. The maximum atomic E-state index is 13.6. The molecule has 0 aliphatic carbocycles. The minimum absolute atomic E-state index is 0.0534. The molecule has 0 saturated carbocycles. The number of benzene rings is 1. The van der Waals surface area contributed by atoms with Gasteiger partial charge < -0.3 is 14.9 Å². The number of nitrogen functional groups attached to an aromatic ring is 1. The summed E-state index contributed by atoms with van der Waals surface area (Å²) in [5.41, 5.74) is 3.09. The predicted molar refractivity (Wildman–Crippen MR) is 73.1 cm³/mol. The van der Waals surface area contributed by atoms with Crippen molar-refractivity contribution in [2.75, 3.05) is 19.6 Å². The summed E-state index contributed by atoms with van der Waals surface area (Å²) in [4.78, 5) is 8.14. The van der Waals surface area contributed by atoms with Gasteiger partial charge in [-0.25, -0.2) is 20.2 Å². The molecule has 1 aromatic carbocycles. The number of hydrogen-bond donors (Lipinski definition) is 2. The Kier molecular flexibility index (Phi) is 3.99. The third-order valence-electron chi connectivity index (χ3n) is 2.80. The molecular weight excluding hydrogens is 263 g/mol. The fraction of sp³-hybridized carbons (Fsp3) is 0.231. The summed E-state index contributed by atoms with van der Waals surface area (Å²) in [5, 5.41) is 0. The number of hydrogen-bond acceptors (Lipinski definition) is 6. The fourth-order valence-corrected chi connectivity index (χ4v) is 1.76. The van der Waals surface area contributed by atoms with Crippen LogP contribution in [0.5, 0.6) is 11.5 Å². The Morgan fingerprint density at radius 1 is 1.15 bits per heavy atom. The van der Waals surface area contributed by atoms with E-state index in [9.17, 15) is 4.39 Å². The van der Waals surface area contributed by atoms with E-state index in [1.807, 2.05) is 0 Å². The second kappa shape index (κ2) is 5.70. The third kappa shape index (κ3) is 2.48.